The Hall–Kier alpha value is -0.240. The van der Waals surface area contributed by atoms with E-state index >= 15 is 0 Å². The highest BCUT2D eigenvalue weighted by Crippen LogP contribution is 2.40. The lowest BCUT2D eigenvalue weighted by Gasteiger charge is -2.00. The molecule has 1 nitrogen and oxygen atoms in total. The van der Waals surface area contributed by atoms with Crippen molar-refractivity contribution in [2.45, 2.75) is 18.4 Å². The van der Waals surface area contributed by atoms with Crippen molar-refractivity contribution in [3.05, 3.63) is 33.8 Å². The number of hydrogen-bond acceptors (Lipinski definition) is 1. The molecule has 0 radical (unpaired) electrons. The first-order chi connectivity index (χ1) is 5.66. The maximum atomic E-state index is 5.84. The molecule has 64 valence electrons. The van der Waals surface area contributed by atoms with Crippen LogP contribution in [0.4, 0.5) is 0 Å². The van der Waals surface area contributed by atoms with Crippen LogP contribution in [0.1, 0.15) is 17.9 Å². The zero-order valence-electron chi connectivity index (χ0n) is 6.43. The second-order valence-corrected chi connectivity index (χ2v) is 4.08. The molecule has 2 rings (SSSR count). The summed E-state index contributed by atoms with van der Waals surface area (Å²) in [5.41, 5.74) is 6.88. The minimum Gasteiger partial charge on any atom is -0.327 e. The Labute approximate surface area is 81.5 Å². The molecule has 0 unspecified atom stereocenters. The first kappa shape index (κ1) is 8.36. The van der Waals surface area contributed by atoms with Gasteiger partial charge in [-0.3, -0.25) is 0 Å². The number of benzene rings is 1. The third-order valence-electron chi connectivity index (χ3n) is 2.15. The molecular formula is C9H9Cl2N. The number of rotatable bonds is 1. The van der Waals surface area contributed by atoms with Crippen LogP contribution in [0.5, 0.6) is 0 Å². The summed E-state index contributed by atoms with van der Waals surface area (Å²) in [6.07, 6.45) is 1.05. The zero-order valence-corrected chi connectivity index (χ0v) is 7.94. The summed E-state index contributed by atoms with van der Waals surface area (Å²) in [7, 11) is 0. The predicted octanol–water partition coefficient (Wildman–Crippen LogP) is 2.81. The van der Waals surface area contributed by atoms with E-state index in [2.05, 4.69) is 0 Å². The molecule has 0 aliphatic heterocycles. The lowest BCUT2D eigenvalue weighted by atomic mass is 10.1. The smallest absolute Gasteiger partial charge is 0.0423 e. The van der Waals surface area contributed by atoms with E-state index in [-0.39, 0.29) is 0 Å². The zero-order chi connectivity index (χ0) is 8.72. The van der Waals surface area contributed by atoms with Gasteiger partial charge in [-0.2, -0.15) is 0 Å². The van der Waals surface area contributed by atoms with Crippen LogP contribution in [0, 0.1) is 0 Å². The van der Waals surface area contributed by atoms with Crippen molar-refractivity contribution in [1.82, 2.24) is 0 Å². The van der Waals surface area contributed by atoms with E-state index in [1.54, 1.807) is 6.07 Å². The van der Waals surface area contributed by atoms with Gasteiger partial charge in [-0.25, -0.2) is 0 Å². The first-order valence-corrected chi connectivity index (χ1v) is 4.64. The van der Waals surface area contributed by atoms with E-state index in [1.165, 1.54) is 5.56 Å². The highest BCUT2D eigenvalue weighted by molar-refractivity contribution is 6.34. The molecule has 2 atom stereocenters. The van der Waals surface area contributed by atoms with E-state index < -0.39 is 0 Å². The molecule has 0 spiro atoms. The monoisotopic (exact) mass is 201 g/mol. The first-order valence-electron chi connectivity index (χ1n) is 3.88. The normalized spacial score (nSPS) is 27.2. The van der Waals surface area contributed by atoms with Crippen molar-refractivity contribution in [3.63, 3.8) is 0 Å². The molecule has 0 amide bonds. The topological polar surface area (TPSA) is 26.0 Å². The second kappa shape index (κ2) is 2.91. The molecule has 1 aromatic carbocycles. The summed E-state index contributed by atoms with van der Waals surface area (Å²) in [5.74, 6) is 0.473. The standard InChI is InChI=1S/C9H9Cl2N/c10-6-1-5(2-7(11)3-6)8-4-9(8)12/h1-3,8-9H,4,12H2/t8-,9-/m1/s1. The average Bonchev–Trinajstić information content (AvgIpc) is 2.64. The van der Waals surface area contributed by atoms with E-state index in [4.69, 9.17) is 28.9 Å². The molecule has 0 heterocycles. The third-order valence-corrected chi connectivity index (χ3v) is 2.59. The lowest BCUT2D eigenvalue weighted by molar-refractivity contribution is 0.991. The summed E-state index contributed by atoms with van der Waals surface area (Å²) < 4.78 is 0. The average molecular weight is 202 g/mol. The third kappa shape index (κ3) is 1.58. The van der Waals surface area contributed by atoms with Crippen molar-refractivity contribution < 1.29 is 0 Å². The number of nitrogens with two attached hydrogens (primary N) is 1. The van der Waals surface area contributed by atoms with Gasteiger partial charge in [0.2, 0.25) is 0 Å². The molecule has 3 heteroatoms. The van der Waals surface area contributed by atoms with Crippen LogP contribution in [0.15, 0.2) is 18.2 Å². The quantitative estimate of drug-likeness (QED) is 0.744. The molecule has 2 N–H and O–H groups in total. The van der Waals surface area contributed by atoms with Crippen molar-refractivity contribution in [1.29, 1.82) is 0 Å². The summed E-state index contributed by atoms with van der Waals surface area (Å²) >= 11 is 11.7. The second-order valence-electron chi connectivity index (χ2n) is 3.21. The van der Waals surface area contributed by atoms with E-state index in [0.29, 0.717) is 22.0 Å². The predicted molar refractivity (Wildman–Crippen MR) is 51.8 cm³/mol. The highest BCUT2D eigenvalue weighted by atomic mass is 35.5. The fraction of sp³-hybridized carbons (Fsp3) is 0.333. The van der Waals surface area contributed by atoms with Gasteiger partial charge in [-0.15, -0.1) is 0 Å². The minimum atomic E-state index is 0.305. The van der Waals surface area contributed by atoms with Crippen LogP contribution >= 0.6 is 23.2 Å². The van der Waals surface area contributed by atoms with Gasteiger partial charge in [0, 0.05) is 22.0 Å². The molecule has 1 saturated carbocycles. The van der Waals surface area contributed by atoms with Gasteiger partial charge in [-0.05, 0) is 30.2 Å². The van der Waals surface area contributed by atoms with E-state index in [0.717, 1.165) is 6.42 Å². The Morgan fingerprint density at radius 1 is 1.17 bits per heavy atom. The van der Waals surface area contributed by atoms with Crippen molar-refractivity contribution in [2.24, 2.45) is 5.73 Å². The highest BCUT2D eigenvalue weighted by Gasteiger charge is 2.34. The van der Waals surface area contributed by atoms with Crippen LogP contribution in [-0.4, -0.2) is 6.04 Å². The van der Waals surface area contributed by atoms with Crippen LogP contribution in [0.2, 0.25) is 10.0 Å². The van der Waals surface area contributed by atoms with Gasteiger partial charge in [0.1, 0.15) is 0 Å². The van der Waals surface area contributed by atoms with Gasteiger partial charge >= 0.3 is 0 Å². The SMILES string of the molecule is N[C@@H]1C[C@@H]1c1cc(Cl)cc(Cl)c1. The molecule has 1 aromatic rings. The molecule has 12 heavy (non-hydrogen) atoms. The van der Waals surface area contributed by atoms with Crippen molar-refractivity contribution >= 4 is 23.2 Å². The van der Waals surface area contributed by atoms with Gasteiger partial charge in [0.05, 0.1) is 0 Å². The molecule has 1 aliphatic carbocycles. The van der Waals surface area contributed by atoms with Crippen molar-refractivity contribution in [3.8, 4) is 0 Å². The lowest BCUT2D eigenvalue weighted by Crippen LogP contribution is -2.00. The fourth-order valence-electron chi connectivity index (χ4n) is 1.39. The maximum absolute atomic E-state index is 5.84. The number of hydrogen-bond donors (Lipinski definition) is 1. The van der Waals surface area contributed by atoms with Gasteiger partial charge in [0.15, 0.2) is 0 Å². The van der Waals surface area contributed by atoms with E-state index in [1.807, 2.05) is 12.1 Å². The molecule has 0 aromatic heterocycles. The number of halogens is 2. The van der Waals surface area contributed by atoms with Gasteiger partial charge in [-0.1, -0.05) is 23.2 Å². The van der Waals surface area contributed by atoms with Crippen LogP contribution in [0.25, 0.3) is 0 Å². The summed E-state index contributed by atoms with van der Waals surface area (Å²) in [5, 5.41) is 1.38. The Balaban J connectivity index is 2.32. The minimum absolute atomic E-state index is 0.305. The summed E-state index contributed by atoms with van der Waals surface area (Å²) in [4.78, 5) is 0. The fourth-order valence-corrected chi connectivity index (χ4v) is 1.93. The Kier molecular flexibility index (Phi) is 2.03. The molecule has 0 bridgehead atoms. The maximum Gasteiger partial charge on any atom is 0.0423 e. The van der Waals surface area contributed by atoms with E-state index in [9.17, 15) is 0 Å². The Bertz CT molecular complexity index is 291. The molecular weight excluding hydrogens is 193 g/mol. The van der Waals surface area contributed by atoms with Gasteiger partial charge < -0.3 is 5.73 Å². The Morgan fingerprint density at radius 2 is 1.67 bits per heavy atom. The van der Waals surface area contributed by atoms with Gasteiger partial charge in [0.25, 0.3) is 0 Å². The van der Waals surface area contributed by atoms with Crippen LogP contribution < -0.4 is 5.73 Å². The van der Waals surface area contributed by atoms with Crippen molar-refractivity contribution in [2.75, 3.05) is 0 Å². The summed E-state index contributed by atoms with van der Waals surface area (Å²) in [6, 6.07) is 5.91. The Morgan fingerprint density at radius 3 is 2.08 bits per heavy atom. The van der Waals surface area contributed by atoms with Crippen LogP contribution in [0.3, 0.4) is 0 Å². The van der Waals surface area contributed by atoms with Crippen LogP contribution in [-0.2, 0) is 0 Å². The largest absolute Gasteiger partial charge is 0.327 e. The summed E-state index contributed by atoms with van der Waals surface area (Å²) in [6.45, 7) is 0. The molecule has 1 fully saturated rings. The molecule has 1 aliphatic rings. The molecule has 0 saturated heterocycles.